The minimum atomic E-state index is -1.33. The van der Waals surface area contributed by atoms with Gasteiger partial charge in [0.2, 0.25) is 0 Å². The molecule has 1 aromatic heterocycles. The SMILES string of the molecule is Nc1ccc(C(=O)O)nc1Nc1c(F)cc(F)cc1F. The topological polar surface area (TPSA) is 88.2 Å². The zero-order valence-electron chi connectivity index (χ0n) is 9.82. The van der Waals surface area contributed by atoms with Crippen LogP contribution in [0.2, 0.25) is 0 Å². The molecule has 0 saturated heterocycles. The van der Waals surface area contributed by atoms with Gasteiger partial charge in [0.1, 0.15) is 11.5 Å². The first kappa shape index (κ1) is 13.7. The predicted molar refractivity (Wildman–Crippen MR) is 65.2 cm³/mol. The lowest BCUT2D eigenvalue weighted by atomic mass is 10.2. The highest BCUT2D eigenvalue weighted by Crippen LogP contribution is 2.26. The Balaban J connectivity index is 2.45. The number of carbonyl (C=O) groups is 1. The van der Waals surface area contributed by atoms with Crippen LogP contribution in [0.1, 0.15) is 10.5 Å². The van der Waals surface area contributed by atoms with E-state index in [0.29, 0.717) is 12.1 Å². The molecule has 0 bridgehead atoms. The summed E-state index contributed by atoms with van der Waals surface area (Å²) < 4.78 is 39.7. The van der Waals surface area contributed by atoms with Gasteiger partial charge in [-0.05, 0) is 12.1 Å². The van der Waals surface area contributed by atoms with Crippen LogP contribution in [0.4, 0.5) is 30.4 Å². The van der Waals surface area contributed by atoms with E-state index >= 15 is 0 Å². The van der Waals surface area contributed by atoms with Gasteiger partial charge in [-0.2, -0.15) is 0 Å². The van der Waals surface area contributed by atoms with Crippen LogP contribution in [0.5, 0.6) is 0 Å². The lowest BCUT2D eigenvalue weighted by molar-refractivity contribution is 0.0690. The Kier molecular flexibility index (Phi) is 3.47. The van der Waals surface area contributed by atoms with Crippen LogP contribution in [-0.4, -0.2) is 16.1 Å². The van der Waals surface area contributed by atoms with E-state index in [2.05, 4.69) is 10.3 Å². The van der Waals surface area contributed by atoms with Crippen LogP contribution >= 0.6 is 0 Å². The van der Waals surface area contributed by atoms with Crippen molar-refractivity contribution in [3.05, 3.63) is 47.4 Å². The van der Waals surface area contributed by atoms with Gasteiger partial charge in [-0.15, -0.1) is 0 Å². The fourth-order valence-corrected chi connectivity index (χ4v) is 1.47. The molecular formula is C12H8F3N3O2. The first-order valence-electron chi connectivity index (χ1n) is 5.30. The molecule has 0 amide bonds. The predicted octanol–water partition coefficient (Wildman–Crippen LogP) is 2.52. The molecule has 0 saturated carbocycles. The molecule has 0 fully saturated rings. The van der Waals surface area contributed by atoms with Gasteiger partial charge in [0.05, 0.1) is 5.69 Å². The first-order valence-corrected chi connectivity index (χ1v) is 5.30. The molecule has 2 aromatic rings. The third-order valence-corrected chi connectivity index (χ3v) is 2.40. The molecule has 0 unspecified atom stereocenters. The van der Waals surface area contributed by atoms with Crippen molar-refractivity contribution < 1.29 is 23.1 Å². The maximum absolute atomic E-state index is 13.5. The van der Waals surface area contributed by atoms with Crippen LogP contribution in [0.3, 0.4) is 0 Å². The lowest BCUT2D eigenvalue weighted by Crippen LogP contribution is -2.07. The van der Waals surface area contributed by atoms with E-state index in [4.69, 9.17) is 10.8 Å². The fraction of sp³-hybridized carbons (Fsp3) is 0. The summed E-state index contributed by atoms with van der Waals surface area (Å²) >= 11 is 0. The highest BCUT2D eigenvalue weighted by Gasteiger charge is 2.15. The summed E-state index contributed by atoms with van der Waals surface area (Å²) in [5.74, 6) is -5.03. The molecule has 5 nitrogen and oxygen atoms in total. The van der Waals surface area contributed by atoms with Gasteiger partial charge in [0.25, 0.3) is 0 Å². The highest BCUT2D eigenvalue weighted by atomic mass is 19.1. The summed E-state index contributed by atoms with van der Waals surface area (Å²) in [5, 5.41) is 11.0. The maximum Gasteiger partial charge on any atom is 0.354 e. The van der Waals surface area contributed by atoms with E-state index in [9.17, 15) is 18.0 Å². The molecule has 0 spiro atoms. The van der Waals surface area contributed by atoms with Gasteiger partial charge in [-0.1, -0.05) is 0 Å². The molecular weight excluding hydrogens is 275 g/mol. The summed E-state index contributed by atoms with van der Waals surface area (Å²) in [6, 6.07) is 3.31. The summed E-state index contributed by atoms with van der Waals surface area (Å²) in [5.41, 5.74) is 4.49. The number of benzene rings is 1. The number of nitrogens with two attached hydrogens (primary N) is 1. The lowest BCUT2D eigenvalue weighted by Gasteiger charge is -2.10. The maximum atomic E-state index is 13.5. The zero-order chi connectivity index (χ0) is 14.9. The molecule has 4 N–H and O–H groups in total. The third kappa shape index (κ3) is 2.63. The van der Waals surface area contributed by atoms with Crippen LogP contribution in [0.15, 0.2) is 24.3 Å². The fourth-order valence-electron chi connectivity index (χ4n) is 1.47. The Morgan fingerprint density at radius 3 is 2.35 bits per heavy atom. The summed E-state index contributed by atoms with van der Waals surface area (Å²) in [6.45, 7) is 0. The minimum Gasteiger partial charge on any atom is -0.477 e. The van der Waals surface area contributed by atoms with Crippen LogP contribution < -0.4 is 11.1 Å². The van der Waals surface area contributed by atoms with Gasteiger partial charge < -0.3 is 16.2 Å². The molecule has 20 heavy (non-hydrogen) atoms. The average molecular weight is 283 g/mol. The first-order chi connectivity index (χ1) is 9.38. The minimum absolute atomic E-state index is 0.0156. The highest BCUT2D eigenvalue weighted by molar-refractivity contribution is 5.87. The van der Waals surface area contributed by atoms with E-state index in [0.717, 1.165) is 6.07 Å². The molecule has 8 heteroatoms. The number of nitrogens with one attached hydrogen (secondary N) is 1. The molecule has 0 aliphatic rings. The number of carboxylic acid groups (broad SMARTS) is 1. The smallest absolute Gasteiger partial charge is 0.354 e. The van der Waals surface area contributed by atoms with E-state index in [1.54, 1.807) is 0 Å². The summed E-state index contributed by atoms with van der Waals surface area (Å²) in [4.78, 5) is 14.4. The third-order valence-electron chi connectivity index (χ3n) is 2.40. The Morgan fingerprint density at radius 1 is 1.20 bits per heavy atom. The zero-order valence-corrected chi connectivity index (χ0v) is 9.82. The molecule has 2 rings (SSSR count). The van der Waals surface area contributed by atoms with E-state index < -0.39 is 29.1 Å². The second-order valence-corrected chi connectivity index (χ2v) is 3.81. The summed E-state index contributed by atoms with van der Waals surface area (Å²) in [6.07, 6.45) is 0. The van der Waals surface area contributed by atoms with Crippen LogP contribution in [0, 0.1) is 17.5 Å². The molecule has 0 atom stereocenters. The van der Waals surface area contributed by atoms with Crippen LogP contribution in [-0.2, 0) is 0 Å². The Hall–Kier alpha value is -2.77. The normalized spacial score (nSPS) is 10.3. The average Bonchev–Trinajstić information content (AvgIpc) is 2.35. The Bertz CT molecular complexity index is 669. The number of anilines is 3. The van der Waals surface area contributed by atoms with Crippen molar-refractivity contribution in [2.75, 3.05) is 11.1 Å². The van der Waals surface area contributed by atoms with Crippen molar-refractivity contribution in [1.82, 2.24) is 4.98 Å². The number of rotatable bonds is 3. The molecule has 0 aliphatic carbocycles. The second kappa shape index (κ2) is 5.08. The van der Waals surface area contributed by atoms with Crippen LogP contribution in [0.25, 0.3) is 0 Å². The van der Waals surface area contributed by atoms with Gasteiger partial charge in [0.15, 0.2) is 23.1 Å². The van der Waals surface area contributed by atoms with Gasteiger partial charge in [-0.3, -0.25) is 0 Å². The largest absolute Gasteiger partial charge is 0.477 e. The van der Waals surface area contributed by atoms with Crippen molar-refractivity contribution >= 4 is 23.2 Å². The van der Waals surface area contributed by atoms with Crippen molar-refractivity contribution in [2.45, 2.75) is 0 Å². The summed E-state index contributed by atoms with van der Waals surface area (Å²) in [7, 11) is 0. The number of carboxylic acids is 1. The number of halogens is 3. The number of aromatic carboxylic acids is 1. The monoisotopic (exact) mass is 283 g/mol. The van der Waals surface area contributed by atoms with Gasteiger partial charge >= 0.3 is 5.97 Å². The van der Waals surface area contributed by atoms with Crippen molar-refractivity contribution in [2.24, 2.45) is 0 Å². The second-order valence-electron chi connectivity index (χ2n) is 3.81. The number of nitrogen functional groups attached to an aromatic ring is 1. The van der Waals surface area contributed by atoms with E-state index in [1.165, 1.54) is 6.07 Å². The number of pyridine rings is 1. The van der Waals surface area contributed by atoms with Crippen molar-refractivity contribution in [1.29, 1.82) is 0 Å². The molecule has 0 aliphatic heterocycles. The molecule has 0 radical (unpaired) electrons. The number of hydrogen-bond acceptors (Lipinski definition) is 4. The number of hydrogen-bond donors (Lipinski definition) is 3. The van der Waals surface area contributed by atoms with Crippen molar-refractivity contribution in [3.8, 4) is 0 Å². The van der Waals surface area contributed by atoms with E-state index in [-0.39, 0.29) is 17.2 Å². The molecule has 1 aromatic carbocycles. The van der Waals surface area contributed by atoms with Crippen molar-refractivity contribution in [3.63, 3.8) is 0 Å². The van der Waals surface area contributed by atoms with Gasteiger partial charge in [-0.25, -0.2) is 22.9 Å². The molecule has 1 heterocycles. The number of aromatic nitrogens is 1. The Labute approximate surface area is 110 Å². The van der Waals surface area contributed by atoms with Gasteiger partial charge in [0, 0.05) is 12.1 Å². The van der Waals surface area contributed by atoms with E-state index in [1.807, 2.05) is 0 Å². The number of nitrogens with zero attached hydrogens (tertiary/aromatic N) is 1. The standard InChI is InChI=1S/C12H8F3N3O2/c13-5-3-6(14)10(7(15)4-5)18-11-8(16)1-2-9(17-11)12(19)20/h1-4H,16H2,(H,17,18)(H,19,20). The quantitative estimate of drug-likeness (QED) is 0.805. The molecule has 104 valence electrons. The Morgan fingerprint density at radius 2 is 1.80 bits per heavy atom.